The molecule has 0 aliphatic rings. The van der Waals surface area contributed by atoms with Gasteiger partial charge in [0.25, 0.3) is 0 Å². The Morgan fingerprint density at radius 2 is 0.547 bits per heavy atom. The van der Waals surface area contributed by atoms with Gasteiger partial charge in [0.05, 0.1) is 0 Å². The lowest BCUT2D eigenvalue weighted by atomic mass is 10.1. The predicted molar refractivity (Wildman–Crippen MR) is 325 cm³/mol. The van der Waals surface area contributed by atoms with Crippen LogP contribution < -0.4 is 0 Å². The van der Waals surface area contributed by atoms with Gasteiger partial charge in [-0.2, -0.15) is 0 Å². The van der Waals surface area contributed by atoms with Crippen LogP contribution in [0, 0.1) is 0 Å². The van der Waals surface area contributed by atoms with E-state index in [1.807, 2.05) is 6.08 Å². The summed E-state index contributed by atoms with van der Waals surface area (Å²) in [5.41, 5.74) is 0. The highest BCUT2D eigenvalue weighted by Gasteiger charge is 2.19. The van der Waals surface area contributed by atoms with E-state index in [0.717, 1.165) is 103 Å². The molecule has 0 aromatic rings. The summed E-state index contributed by atoms with van der Waals surface area (Å²) in [4.78, 5) is 38.2. The minimum Gasteiger partial charge on any atom is -0.462 e. The molecule has 0 aromatic heterocycles. The number of unbranched alkanes of at least 4 members (excludes halogenated alkanes) is 21. The zero-order valence-electron chi connectivity index (χ0n) is 48.5. The van der Waals surface area contributed by atoms with Crippen molar-refractivity contribution in [3.63, 3.8) is 0 Å². The van der Waals surface area contributed by atoms with Crippen LogP contribution >= 0.6 is 0 Å². The molecule has 0 spiro atoms. The lowest BCUT2D eigenvalue weighted by Gasteiger charge is -2.18. The van der Waals surface area contributed by atoms with E-state index in [9.17, 15) is 14.4 Å². The molecular weight excluding hydrogens is 925 g/mol. The van der Waals surface area contributed by atoms with E-state index in [1.54, 1.807) is 0 Å². The molecule has 75 heavy (non-hydrogen) atoms. The van der Waals surface area contributed by atoms with Crippen molar-refractivity contribution >= 4 is 17.9 Å². The molecule has 0 fully saturated rings. The fourth-order valence-corrected chi connectivity index (χ4v) is 8.03. The average molecular weight is 1040 g/mol. The van der Waals surface area contributed by atoms with E-state index in [2.05, 4.69) is 148 Å². The van der Waals surface area contributed by atoms with Gasteiger partial charge in [0.1, 0.15) is 13.2 Å². The van der Waals surface area contributed by atoms with Crippen LogP contribution in [0.15, 0.2) is 134 Å². The van der Waals surface area contributed by atoms with Gasteiger partial charge >= 0.3 is 17.9 Å². The molecule has 6 heteroatoms. The summed E-state index contributed by atoms with van der Waals surface area (Å²) in [7, 11) is 0. The maximum absolute atomic E-state index is 12.9. The molecule has 0 saturated heterocycles. The summed E-state index contributed by atoms with van der Waals surface area (Å²) < 4.78 is 16.8. The number of allylic oxidation sites excluding steroid dienone is 22. The third-order valence-corrected chi connectivity index (χ3v) is 12.6. The Bertz CT molecular complexity index is 1620. The Hall–Kier alpha value is -4.45. The first kappa shape index (κ1) is 70.5. The summed E-state index contributed by atoms with van der Waals surface area (Å²) in [5, 5.41) is 0. The van der Waals surface area contributed by atoms with E-state index in [0.29, 0.717) is 19.3 Å². The van der Waals surface area contributed by atoms with Crippen LogP contribution in [0.2, 0.25) is 0 Å². The van der Waals surface area contributed by atoms with Gasteiger partial charge < -0.3 is 14.2 Å². The maximum atomic E-state index is 12.9. The molecule has 0 aliphatic carbocycles. The van der Waals surface area contributed by atoms with Gasteiger partial charge in [-0.05, 0) is 128 Å². The molecule has 0 heterocycles. The second-order valence-corrected chi connectivity index (χ2v) is 19.9. The largest absolute Gasteiger partial charge is 0.462 e. The van der Waals surface area contributed by atoms with Crippen molar-refractivity contribution in [3.8, 4) is 0 Å². The molecule has 0 aromatic carbocycles. The highest BCUT2D eigenvalue weighted by atomic mass is 16.6. The summed E-state index contributed by atoms with van der Waals surface area (Å²) in [6.45, 7) is 6.41. The molecule has 0 radical (unpaired) electrons. The Morgan fingerprint density at radius 1 is 0.280 bits per heavy atom. The molecule has 0 amide bonds. The maximum Gasteiger partial charge on any atom is 0.306 e. The van der Waals surface area contributed by atoms with Crippen molar-refractivity contribution in [2.24, 2.45) is 0 Å². The minimum atomic E-state index is -0.829. The highest BCUT2D eigenvalue weighted by Crippen LogP contribution is 2.14. The Kier molecular flexibility index (Phi) is 58.4. The Labute approximate surface area is 462 Å². The van der Waals surface area contributed by atoms with Crippen LogP contribution in [0.5, 0.6) is 0 Å². The predicted octanol–water partition coefficient (Wildman–Crippen LogP) is 21.0. The summed E-state index contributed by atoms with van der Waals surface area (Å²) >= 11 is 0. The van der Waals surface area contributed by atoms with Crippen LogP contribution in [0.4, 0.5) is 0 Å². The zero-order chi connectivity index (χ0) is 54.3. The van der Waals surface area contributed by atoms with Crippen LogP contribution in [-0.2, 0) is 28.6 Å². The van der Waals surface area contributed by atoms with Crippen LogP contribution in [0.25, 0.3) is 0 Å². The fourth-order valence-electron chi connectivity index (χ4n) is 8.03. The van der Waals surface area contributed by atoms with E-state index in [-0.39, 0.29) is 37.5 Å². The molecular formula is C69H112O6. The normalized spacial score (nSPS) is 13.1. The second kappa shape index (κ2) is 62.1. The van der Waals surface area contributed by atoms with Gasteiger partial charge in [-0.3, -0.25) is 14.4 Å². The SMILES string of the molecule is CC/C=C\C/C=C\C/C=C\C/C=C\C/C=C\C/C=C\CCC(=O)OC[C@H](COC(=O)CCCCC/C=C\C/C=C\C/C=C\C/C=C\CCCCC)OC(=O)CCCCCCCCCCC/C=C\CCCCCCCC. The molecule has 0 unspecified atom stereocenters. The number of esters is 3. The molecule has 424 valence electrons. The van der Waals surface area contributed by atoms with Crippen molar-refractivity contribution in [1.82, 2.24) is 0 Å². The quantitative estimate of drug-likeness (QED) is 0.0261. The summed E-state index contributed by atoms with van der Waals surface area (Å²) in [6, 6.07) is 0. The van der Waals surface area contributed by atoms with Gasteiger partial charge in [-0.25, -0.2) is 0 Å². The standard InChI is InChI=1S/C69H112O6/c1-4-7-10-13-16-19-22-25-28-31-34-37-40-43-46-49-52-55-58-61-67(70)73-64-66(75-69(72)63-60-57-54-51-48-45-42-39-36-33-30-27-24-21-18-15-12-9-6-3)65-74-68(71)62-59-56-53-50-47-44-41-38-35-32-29-26-23-20-17-14-11-8-5-2/h7,10,16-17,19-20,25-30,34-35,37-38,43-44,46-47,52,55,66H,4-6,8-9,11-15,18,21-24,31-33,36,39-42,45,48-51,53-54,56-65H2,1-3H3/b10-7-,19-16-,20-17-,28-25-,29-26-,30-27-,37-34-,38-35-,46-43-,47-44-,55-52-/t66-/m1/s1. The van der Waals surface area contributed by atoms with Crippen molar-refractivity contribution in [2.45, 2.75) is 271 Å². The number of rotatable bonds is 54. The van der Waals surface area contributed by atoms with Gasteiger partial charge in [0, 0.05) is 19.3 Å². The van der Waals surface area contributed by atoms with Crippen molar-refractivity contribution < 1.29 is 28.6 Å². The van der Waals surface area contributed by atoms with Gasteiger partial charge in [0.15, 0.2) is 6.10 Å². The third-order valence-electron chi connectivity index (χ3n) is 12.6. The molecule has 0 N–H and O–H groups in total. The van der Waals surface area contributed by atoms with Gasteiger partial charge in [-0.15, -0.1) is 0 Å². The smallest absolute Gasteiger partial charge is 0.306 e. The number of carbonyl (C=O) groups is 3. The first-order chi connectivity index (χ1) is 37.0. The van der Waals surface area contributed by atoms with Crippen LogP contribution in [0.3, 0.4) is 0 Å². The number of hydrogen-bond donors (Lipinski definition) is 0. The lowest BCUT2D eigenvalue weighted by Crippen LogP contribution is -2.30. The van der Waals surface area contributed by atoms with E-state index >= 15 is 0 Å². The molecule has 6 nitrogen and oxygen atoms in total. The average Bonchev–Trinajstić information content (AvgIpc) is 3.41. The zero-order valence-corrected chi connectivity index (χ0v) is 48.5. The fraction of sp³-hybridized carbons (Fsp3) is 0.638. The molecule has 0 bridgehead atoms. The van der Waals surface area contributed by atoms with Gasteiger partial charge in [0.2, 0.25) is 0 Å². The Balaban J connectivity index is 4.57. The second-order valence-electron chi connectivity index (χ2n) is 19.9. The molecule has 0 aliphatic heterocycles. The van der Waals surface area contributed by atoms with Gasteiger partial charge in [-0.1, -0.05) is 251 Å². The van der Waals surface area contributed by atoms with Crippen molar-refractivity contribution in [3.05, 3.63) is 134 Å². The first-order valence-electron chi connectivity index (χ1n) is 30.7. The van der Waals surface area contributed by atoms with E-state index in [4.69, 9.17) is 14.2 Å². The number of carbonyl (C=O) groups excluding carboxylic acids is 3. The van der Waals surface area contributed by atoms with Crippen molar-refractivity contribution in [1.29, 1.82) is 0 Å². The topological polar surface area (TPSA) is 78.9 Å². The molecule has 1 atom stereocenters. The van der Waals surface area contributed by atoms with E-state index < -0.39 is 6.10 Å². The number of hydrogen-bond acceptors (Lipinski definition) is 6. The summed E-state index contributed by atoms with van der Waals surface area (Å²) in [5.74, 6) is -1.04. The Morgan fingerprint density at radius 3 is 0.947 bits per heavy atom. The molecule has 0 rings (SSSR count). The van der Waals surface area contributed by atoms with E-state index in [1.165, 1.54) is 116 Å². The van der Waals surface area contributed by atoms with Crippen LogP contribution in [0.1, 0.15) is 265 Å². The summed E-state index contributed by atoms with van der Waals surface area (Å²) in [6.07, 6.45) is 87.4. The van der Waals surface area contributed by atoms with Crippen LogP contribution in [-0.4, -0.2) is 37.2 Å². The highest BCUT2D eigenvalue weighted by molar-refractivity contribution is 5.71. The third kappa shape index (κ3) is 60.3. The monoisotopic (exact) mass is 1040 g/mol. The molecule has 0 saturated carbocycles. The number of ether oxygens (including phenoxy) is 3. The van der Waals surface area contributed by atoms with Crippen molar-refractivity contribution in [2.75, 3.05) is 13.2 Å². The lowest BCUT2D eigenvalue weighted by molar-refractivity contribution is -0.166. The minimum absolute atomic E-state index is 0.122. The first-order valence-corrected chi connectivity index (χ1v) is 30.7.